The van der Waals surface area contributed by atoms with Crippen molar-refractivity contribution in [1.29, 1.82) is 0 Å². The van der Waals surface area contributed by atoms with E-state index in [2.05, 4.69) is 14.3 Å². The molecule has 0 aromatic carbocycles. The second-order valence-corrected chi connectivity index (χ2v) is 3.95. The molecule has 0 amide bonds. The Bertz CT molecular complexity index is 669. The van der Waals surface area contributed by atoms with Gasteiger partial charge in [0.05, 0.1) is 11.9 Å². The Balaban J connectivity index is 2.23. The monoisotopic (exact) mass is 228 g/mol. The molecule has 0 bridgehead atoms. The van der Waals surface area contributed by atoms with Crippen LogP contribution in [0, 0.1) is 0 Å². The van der Waals surface area contributed by atoms with Crippen LogP contribution in [0.4, 0.5) is 5.69 Å². The van der Waals surface area contributed by atoms with Gasteiger partial charge in [0.1, 0.15) is 0 Å². The molecular formula is C11H8N4S. The van der Waals surface area contributed by atoms with E-state index in [0.29, 0.717) is 0 Å². The number of pyridine rings is 2. The van der Waals surface area contributed by atoms with Crippen molar-refractivity contribution in [3.05, 3.63) is 53.7 Å². The maximum Gasteiger partial charge on any atom is 0.213 e. The first-order chi connectivity index (χ1) is 7.93. The summed E-state index contributed by atoms with van der Waals surface area (Å²) in [7, 11) is 0. The van der Waals surface area contributed by atoms with E-state index in [0.717, 1.165) is 16.1 Å². The molecule has 0 aliphatic rings. The topological polar surface area (TPSA) is 42.5 Å². The normalized spacial score (nSPS) is 12.1. The molecule has 4 nitrogen and oxygen atoms in total. The first-order valence-electron chi connectivity index (χ1n) is 4.81. The quantitative estimate of drug-likeness (QED) is 0.639. The first kappa shape index (κ1) is 9.23. The summed E-state index contributed by atoms with van der Waals surface area (Å²) in [6, 6.07) is 9.67. The largest absolute Gasteiger partial charge is 0.275 e. The molecule has 0 aliphatic carbocycles. The Morgan fingerprint density at radius 1 is 1.19 bits per heavy atom. The lowest BCUT2D eigenvalue weighted by Crippen LogP contribution is -2.04. The smallest absolute Gasteiger partial charge is 0.213 e. The van der Waals surface area contributed by atoms with Gasteiger partial charge in [-0.25, -0.2) is 4.99 Å². The van der Waals surface area contributed by atoms with Crippen LogP contribution in [0.25, 0.3) is 5.65 Å². The Kier molecular flexibility index (Phi) is 2.23. The van der Waals surface area contributed by atoms with E-state index in [-0.39, 0.29) is 0 Å². The Hall–Kier alpha value is -2.01. The summed E-state index contributed by atoms with van der Waals surface area (Å²) in [5, 5.41) is 0. The molecule has 3 rings (SSSR count). The van der Waals surface area contributed by atoms with Crippen LogP contribution in [0.15, 0.2) is 53.9 Å². The highest BCUT2D eigenvalue weighted by atomic mass is 32.1. The summed E-state index contributed by atoms with van der Waals surface area (Å²) in [5.74, 6) is 0. The average Bonchev–Trinajstić information content (AvgIpc) is 2.74. The number of fused-ring (bicyclic) bond motifs is 1. The van der Waals surface area contributed by atoms with E-state index in [1.165, 1.54) is 11.5 Å². The van der Waals surface area contributed by atoms with Crippen molar-refractivity contribution >= 4 is 22.9 Å². The molecule has 78 valence electrons. The summed E-state index contributed by atoms with van der Waals surface area (Å²) in [6.45, 7) is 0. The summed E-state index contributed by atoms with van der Waals surface area (Å²) in [6.07, 6.45) is 5.42. The zero-order valence-electron chi connectivity index (χ0n) is 8.32. The van der Waals surface area contributed by atoms with Crippen LogP contribution < -0.4 is 4.80 Å². The van der Waals surface area contributed by atoms with Gasteiger partial charge in [0.25, 0.3) is 0 Å². The number of hydrogen-bond donors (Lipinski definition) is 0. The van der Waals surface area contributed by atoms with Crippen LogP contribution in [0.1, 0.15) is 0 Å². The van der Waals surface area contributed by atoms with Crippen LogP contribution in [0.2, 0.25) is 0 Å². The second-order valence-electron chi connectivity index (χ2n) is 3.22. The lowest BCUT2D eigenvalue weighted by Gasteiger charge is -1.91. The minimum atomic E-state index is 0.837. The van der Waals surface area contributed by atoms with Crippen LogP contribution in [-0.2, 0) is 0 Å². The Labute approximate surface area is 95.7 Å². The molecule has 16 heavy (non-hydrogen) atoms. The number of hydrogen-bond acceptors (Lipinski definition) is 4. The van der Waals surface area contributed by atoms with Crippen molar-refractivity contribution in [2.45, 2.75) is 0 Å². The predicted molar refractivity (Wildman–Crippen MR) is 62.5 cm³/mol. The molecule has 0 saturated carbocycles. The minimum Gasteiger partial charge on any atom is -0.275 e. The van der Waals surface area contributed by atoms with Gasteiger partial charge in [-0.15, -0.1) is 0 Å². The van der Waals surface area contributed by atoms with E-state index >= 15 is 0 Å². The fourth-order valence-corrected chi connectivity index (χ4v) is 2.12. The van der Waals surface area contributed by atoms with Crippen LogP contribution in [-0.4, -0.2) is 13.8 Å². The third-order valence-corrected chi connectivity index (χ3v) is 2.87. The molecule has 0 unspecified atom stereocenters. The first-order valence-corrected chi connectivity index (χ1v) is 5.59. The summed E-state index contributed by atoms with van der Waals surface area (Å²) in [4.78, 5) is 9.36. The molecule has 0 saturated heterocycles. The molecule has 0 N–H and O–H groups in total. The van der Waals surface area contributed by atoms with Crippen LogP contribution in [0.5, 0.6) is 0 Å². The number of nitrogens with zero attached hydrogens (tertiary/aromatic N) is 4. The fourth-order valence-electron chi connectivity index (χ4n) is 1.41. The van der Waals surface area contributed by atoms with Gasteiger partial charge in [0, 0.05) is 23.9 Å². The molecule has 0 fully saturated rings. The van der Waals surface area contributed by atoms with Gasteiger partial charge < -0.3 is 0 Å². The molecular weight excluding hydrogens is 220 g/mol. The average molecular weight is 228 g/mol. The number of rotatable bonds is 1. The van der Waals surface area contributed by atoms with Crippen molar-refractivity contribution in [3.63, 3.8) is 0 Å². The van der Waals surface area contributed by atoms with Crippen molar-refractivity contribution in [3.8, 4) is 0 Å². The van der Waals surface area contributed by atoms with Gasteiger partial charge in [-0.1, -0.05) is 6.07 Å². The van der Waals surface area contributed by atoms with Gasteiger partial charge in [-0.3, -0.25) is 9.38 Å². The predicted octanol–water partition coefficient (Wildman–Crippen LogP) is 2.02. The zero-order valence-corrected chi connectivity index (χ0v) is 9.13. The fraction of sp³-hybridized carbons (Fsp3) is 0. The summed E-state index contributed by atoms with van der Waals surface area (Å²) < 4.78 is 6.26. The molecule has 0 spiro atoms. The molecule has 3 aromatic rings. The number of aromatic nitrogens is 3. The van der Waals surface area contributed by atoms with Crippen molar-refractivity contribution in [2.75, 3.05) is 0 Å². The van der Waals surface area contributed by atoms with Crippen LogP contribution in [0.3, 0.4) is 0 Å². The lowest BCUT2D eigenvalue weighted by molar-refractivity contribution is 1.09. The third kappa shape index (κ3) is 1.61. The molecule has 0 atom stereocenters. The minimum absolute atomic E-state index is 0.837. The van der Waals surface area contributed by atoms with Crippen molar-refractivity contribution in [1.82, 2.24) is 13.8 Å². The maximum atomic E-state index is 4.49. The van der Waals surface area contributed by atoms with E-state index in [1.807, 2.05) is 40.9 Å². The van der Waals surface area contributed by atoms with E-state index in [9.17, 15) is 0 Å². The molecule has 0 aliphatic heterocycles. The van der Waals surface area contributed by atoms with Gasteiger partial charge in [-0.05, 0) is 24.3 Å². The van der Waals surface area contributed by atoms with Gasteiger partial charge in [-0.2, -0.15) is 4.37 Å². The third-order valence-electron chi connectivity index (χ3n) is 2.14. The maximum absolute atomic E-state index is 4.49. The molecule has 0 radical (unpaired) electrons. The SMILES string of the molecule is c1cncc(/N=c2\snc3ccccn23)c1. The van der Waals surface area contributed by atoms with E-state index in [1.54, 1.807) is 12.4 Å². The lowest BCUT2D eigenvalue weighted by atomic mass is 10.4. The molecule has 3 aromatic heterocycles. The Morgan fingerprint density at radius 3 is 3.06 bits per heavy atom. The van der Waals surface area contributed by atoms with Crippen molar-refractivity contribution < 1.29 is 0 Å². The van der Waals surface area contributed by atoms with Gasteiger partial charge in [0.2, 0.25) is 4.80 Å². The van der Waals surface area contributed by atoms with Gasteiger partial charge in [0.15, 0.2) is 5.65 Å². The summed E-state index contributed by atoms with van der Waals surface area (Å²) >= 11 is 1.38. The van der Waals surface area contributed by atoms with Crippen molar-refractivity contribution in [2.24, 2.45) is 4.99 Å². The molecule has 3 heterocycles. The van der Waals surface area contributed by atoms with E-state index in [4.69, 9.17) is 0 Å². The van der Waals surface area contributed by atoms with E-state index < -0.39 is 0 Å². The Morgan fingerprint density at radius 2 is 2.19 bits per heavy atom. The molecule has 5 heteroatoms. The van der Waals surface area contributed by atoms with Gasteiger partial charge >= 0.3 is 0 Å². The zero-order chi connectivity index (χ0) is 10.8. The highest BCUT2D eigenvalue weighted by Crippen LogP contribution is 2.07. The highest BCUT2D eigenvalue weighted by Gasteiger charge is 1.96. The van der Waals surface area contributed by atoms with Crippen LogP contribution >= 0.6 is 11.5 Å². The summed E-state index contributed by atoms with van der Waals surface area (Å²) in [5.41, 5.74) is 1.75. The second kappa shape index (κ2) is 3.86. The highest BCUT2D eigenvalue weighted by molar-refractivity contribution is 7.03. The standard InChI is InChI=1S/C11H8N4S/c1-2-7-15-10(5-1)14-16-11(15)13-9-4-3-6-12-8-9/h1-8H/b13-11-.